The molecule has 0 aliphatic carbocycles. The molecular formula is C40H51N7O6S2. The molecule has 5 amide bonds. The average molecular weight is 790 g/mol. The molecule has 0 spiro atoms. The van der Waals surface area contributed by atoms with Crippen molar-refractivity contribution in [2.24, 2.45) is 0 Å². The van der Waals surface area contributed by atoms with Crippen LogP contribution in [-0.2, 0) is 45.1 Å². The lowest BCUT2D eigenvalue weighted by Crippen LogP contribution is -2.55. The Bertz CT molecular complexity index is 1790. The van der Waals surface area contributed by atoms with Gasteiger partial charge in [0.1, 0.15) is 12.6 Å². The van der Waals surface area contributed by atoms with Crippen LogP contribution in [0.25, 0.3) is 0 Å². The highest BCUT2D eigenvalue weighted by Gasteiger charge is 2.30. The van der Waals surface area contributed by atoms with Gasteiger partial charge in [0, 0.05) is 49.7 Å². The first-order valence-corrected chi connectivity index (χ1v) is 20.4. The third kappa shape index (κ3) is 13.7. The first-order valence-electron chi connectivity index (χ1n) is 18.6. The summed E-state index contributed by atoms with van der Waals surface area (Å²) in [5.74, 6) is -0.430. The summed E-state index contributed by atoms with van der Waals surface area (Å²) in [4.78, 5) is 66.9. The third-order valence-corrected chi connectivity index (χ3v) is 11.1. The Balaban J connectivity index is 1.30. The normalized spacial score (nSPS) is 14.4. The molecule has 3 atom stereocenters. The second kappa shape index (κ2) is 21.3. The number of ether oxygens (including phenoxy) is 2. The van der Waals surface area contributed by atoms with Crippen LogP contribution in [0, 0.1) is 0 Å². The Morgan fingerprint density at radius 1 is 0.891 bits per heavy atom. The van der Waals surface area contributed by atoms with E-state index >= 15 is 0 Å². The van der Waals surface area contributed by atoms with Crippen molar-refractivity contribution >= 4 is 46.6 Å². The van der Waals surface area contributed by atoms with Crippen LogP contribution in [0.15, 0.2) is 77.8 Å². The number of amides is 5. The number of carbonyl (C=O) groups is 4. The van der Waals surface area contributed by atoms with Gasteiger partial charge in [-0.15, -0.1) is 22.7 Å². The monoisotopic (exact) mass is 789 g/mol. The topological polar surface area (TPSA) is 155 Å². The van der Waals surface area contributed by atoms with Gasteiger partial charge in [0.15, 0.2) is 0 Å². The highest BCUT2D eigenvalue weighted by atomic mass is 32.1. The fourth-order valence-electron chi connectivity index (χ4n) is 6.17. The van der Waals surface area contributed by atoms with Crippen LogP contribution in [0.4, 0.5) is 9.59 Å². The quantitative estimate of drug-likeness (QED) is 0.119. The second-order valence-electron chi connectivity index (χ2n) is 13.9. The number of rotatable bonds is 18. The van der Waals surface area contributed by atoms with Crippen LogP contribution >= 0.6 is 22.7 Å². The van der Waals surface area contributed by atoms with Gasteiger partial charge in [-0.1, -0.05) is 74.5 Å². The summed E-state index contributed by atoms with van der Waals surface area (Å²) >= 11 is 2.96. The Morgan fingerprint density at radius 3 is 2.11 bits per heavy atom. The number of benzene rings is 2. The summed E-state index contributed by atoms with van der Waals surface area (Å²) in [6.07, 6.45) is 2.99. The van der Waals surface area contributed by atoms with Gasteiger partial charge in [0.05, 0.1) is 47.3 Å². The van der Waals surface area contributed by atoms with E-state index in [-0.39, 0.29) is 43.5 Å². The number of nitrogens with one attached hydrogen (secondary N) is 3. The molecule has 1 saturated heterocycles. The van der Waals surface area contributed by atoms with E-state index in [2.05, 4.69) is 39.8 Å². The van der Waals surface area contributed by atoms with Crippen molar-refractivity contribution in [2.75, 3.05) is 33.4 Å². The van der Waals surface area contributed by atoms with Gasteiger partial charge in [-0.2, -0.15) is 0 Å². The summed E-state index contributed by atoms with van der Waals surface area (Å²) in [5.41, 5.74) is 4.50. The number of morpholine rings is 1. The van der Waals surface area contributed by atoms with Gasteiger partial charge >= 0.3 is 12.1 Å². The predicted octanol–water partition coefficient (Wildman–Crippen LogP) is 5.53. The Hall–Kier alpha value is -4.86. The standard InChI is InChI=1S/C40H51N7O6S2/c1-28(2)38-43-33(26-54-38)24-46(3)39(50)45-35(22-36(48)47-16-18-52-19-17-47)37(49)42-31(20-29-10-6-4-7-11-29)14-15-32(21-30-12-8-5-9-13-30)44-40(51)53-25-34-23-41-27-55-34/h4-13,23,26-28,31-32,35H,14-22,24-25H2,1-3H3,(H,42,49)(H,44,51)(H,45,50). The first kappa shape index (κ1) is 41.3. The van der Waals surface area contributed by atoms with E-state index in [0.29, 0.717) is 52.0 Å². The minimum atomic E-state index is -1.13. The van der Waals surface area contributed by atoms with E-state index in [1.54, 1.807) is 35.0 Å². The van der Waals surface area contributed by atoms with Gasteiger partial charge in [-0.3, -0.25) is 14.6 Å². The molecule has 4 aromatic rings. The fraction of sp³-hybridized carbons (Fsp3) is 0.450. The van der Waals surface area contributed by atoms with Crippen molar-refractivity contribution in [3.8, 4) is 0 Å². The van der Waals surface area contributed by atoms with Gasteiger partial charge in [-0.25, -0.2) is 14.6 Å². The lowest BCUT2D eigenvalue weighted by atomic mass is 9.95. The molecule has 1 aliphatic heterocycles. The maximum atomic E-state index is 14.2. The number of aromatic nitrogens is 2. The van der Waals surface area contributed by atoms with Crippen molar-refractivity contribution in [3.05, 3.63) is 104 Å². The Kier molecular flexibility index (Phi) is 16.0. The van der Waals surface area contributed by atoms with Crippen molar-refractivity contribution in [2.45, 2.75) is 83.1 Å². The molecule has 3 heterocycles. The molecule has 0 bridgehead atoms. The fourth-order valence-corrected chi connectivity index (χ4v) is 7.50. The Morgan fingerprint density at radius 2 is 1.53 bits per heavy atom. The number of alkyl carbamates (subject to hydrolysis) is 1. The van der Waals surface area contributed by atoms with E-state index in [1.165, 1.54) is 16.2 Å². The van der Waals surface area contributed by atoms with Gasteiger partial charge in [0.2, 0.25) is 11.8 Å². The molecule has 55 heavy (non-hydrogen) atoms. The van der Waals surface area contributed by atoms with E-state index in [0.717, 1.165) is 26.7 Å². The molecule has 15 heteroatoms. The van der Waals surface area contributed by atoms with Crippen LogP contribution < -0.4 is 16.0 Å². The highest BCUT2D eigenvalue weighted by Crippen LogP contribution is 2.20. The van der Waals surface area contributed by atoms with Crippen LogP contribution in [0.1, 0.15) is 65.7 Å². The molecule has 294 valence electrons. The van der Waals surface area contributed by atoms with Gasteiger partial charge in [0.25, 0.3) is 0 Å². The van der Waals surface area contributed by atoms with E-state index in [9.17, 15) is 19.2 Å². The molecule has 0 saturated carbocycles. The van der Waals surface area contributed by atoms with Gasteiger partial charge < -0.3 is 35.2 Å². The average Bonchev–Trinajstić information content (AvgIpc) is 3.90. The summed E-state index contributed by atoms with van der Waals surface area (Å²) in [6.45, 7) is 6.18. The maximum absolute atomic E-state index is 14.2. The minimum Gasteiger partial charge on any atom is -0.444 e. The number of hydrogen-bond acceptors (Lipinski definition) is 10. The molecule has 3 N–H and O–H groups in total. The maximum Gasteiger partial charge on any atom is 0.407 e. The summed E-state index contributed by atoms with van der Waals surface area (Å²) < 4.78 is 10.9. The van der Waals surface area contributed by atoms with Gasteiger partial charge in [-0.05, 0) is 36.8 Å². The zero-order valence-corrected chi connectivity index (χ0v) is 33.3. The number of nitrogens with zero attached hydrogens (tertiary/aromatic N) is 4. The predicted molar refractivity (Wildman–Crippen MR) is 213 cm³/mol. The van der Waals surface area contributed by atoms with Crippen LogP contribution in [0.5, 0.6) is 0 Å². The zero-order valence-electron chi connectivity index (χ0n) is 31.6. The molecule has 1 fully saturated rings. The highest BCUT2D eigenvalue weighted by molar-refractivity contribution is 7.09. The molecule has 1 aliphatic rings. The third-order valence-electron chi connectivity index (χ3n) is 9.18. The second-order valence-corrected chi connectivity index (χ2v) is 15.8. The first-order chi connectivity index (χ1) is 26.6. The van der Waals surface area contributed by atoms with Crippen LogP contribution in [-0.4, -0.2) is 95.2 Å². The molecule has 5 rings (SSSR count). The minimum absolute atomic E-state index is 0.121. The number of hydrogen-bond donors (Lipinski definition) is 3. The van der Waals surface area contributed by atoms with Crippen molar-refractivity contribution in [3.63, 3.8) is 0 Å². The SMILES string of the molecule is CC(C)c1nc(CN(C)C(=O)NC(CC(=O)N2CCOCC2)C(=O)NC(CCC(Cc2ccccc2)NC(=O)OCc2cncs2)Cc2ccccc2)cs1. The zero-order chi connectivity index (χ0) is 39.0. The van der Waals surface area contributed by atoms with Crippen molar-refractivity contribution < 1.29 is 28.7 Å². The number of thiazole rings is 2. The molecule has 2 aromatic carbocycles. The molecular weight excluding hydrogens is 739 g/mol. The lowest BCUT2D eigenvalue weighted by Gasteiger charge is -2.30. The lowest BCUT2D eigenvalue weighted by molar-refractivity contribution is -0.138. The Labute approximate surface area is 330 Å². The van der Waals surface area contributed by atoms with Crippen LogP contribution in [0.3, 0.4) is 0 Å². The van der Waals surface area contributed by atoms with E-state index in [4.69, 9.17) is 9.47 Å². The van der Waals surface area contributed by atoms with Crippen molar-refractivity contribution in [1.29, 1.82) is 0 Å². The largest absolute Gasteiger partial charge is 0.444 e. The van der Waals surface area contributed by atoms with Crippen LogP contribution in [0.2, 0.25) is 0 Å². The molecule has 13 nitrogen and oxygen atoms in total. The molecule has 3 unspecified atom stereocenters. The summed E-state index contributed by atoms with van der Waals surface area (Å²) in [5, 5.41) is 12.0. The smallest absolute Gasteiger partial charge is 0.407 e. The summed E-state index contributed by atoms with van der Waals surface area (Å²) in [6, 6.07) is 17.4. The van der Waals surface area contributed by atoms with E-state index < -0.39 is 24.1 Å². The number of urea groups is 1. The van der Waals surface area contributed by atoms with Crippen molar-refractivity contribution in [1.82, 2.24) is 35.7 Å². The summed E-state index contributed by atoms with van der Waals surface area (Å²) in [7, 11) is 1.64. The number of carbonyl (C=O) groups excluding carboxylic acids is 4. The molecule has 0 radical (unpaired) electrons. The van der Waals surface area contributed by atoms with E-state index in [1.807, 2.05) is 66.0 Å². The molecule has 2 aromatic heterocycles.